The van der Waals surface area contributed by atoms with Gasteiger partial charge in [-0.1, -0.05) is 126 Å². The Bertz CT molecular complexity index is 713. The van der Waals surface area contributed by atoms with E-state index >= 15 is 0 Å². The van der Waals surface area contributed by atoms with Crippen molar-refractivity contribution >= 4 is 27.0 Å². The summed E-state index contributed by atoms with van der Waals surface area (Å²) in [5.41, 5.74) is 10.9. The number of hydrogen-bond acceptors (Lipinski definition) is 0. The van der Waals surface area contributed by atoms with E-state index < -0.39 is 8.80 Å². The predicted octanol–water partition coefficient (Wildman–Crippen LogP) is 5.97. The lowest BCUT2D eigenvalue weighted by atomic mass is 10.2. The molecule has 3 aromatic rings. The van der Waals surface area contributed by atoms with Crippen LogP contribution in [-0.2, 0) is 0 Å². The molecule has 0 aliphatic heterocycles. The maximum absolute atomic E-state index is 2.37. The molecular formula is C24H22Si. The van der Waals surface area contributed by atoms with Crippen LogP contribution < -0.4 is 0 Å². The second-order valence-corrected chi connectivity index (χ2v) is 8.20. The molecule has 0 fully saturated rings. The van der Waals surface area contributed by atoms with Gasteiger partial charge in [0.1, 0.15) is 8.80 Å². The Morgan fingerprint density at radius 2 is 0.680 bits per heavy atom. The van der Waals surface area contributed by atoms with Crippen LogP contribution in [0, 0.1) is 0 Å². The highest BCUT2D eigenvalue weighted by Gasteiger charge is 1.98. The van der Waals surface area contributed by atoms with E-state index in [0.29, 0.717) is 0 Å². The van der Waals surface area contributed by atoms with Gasteiger partial charge in [-0.25, -0.2) is 0 Å². The van der Waals surface area contributed by atoms with Crippen molar-refractivity contribution in [1.82, 2.24) is 0 Å². The quantitative estimate of drug-likeness (QED) is 0.486. The summed E-state index contributed by atoms with van der Waals surface area (Å²) in [5.74, 6) is 0. The highest BCUT2D eigenvalue weighted by atomic mass is 28.3. The molecule has 0 bridgehead atoms. The van der Waals surface area contributed by atoms with Crippen molar-refractivity contribution in [2.24, 2.45) is 0 Å². The third kappa shape index (κ3) is 5.90. The molecule has 3 rings (SSSR count). The molecule has 0 radical (unpaired) electrons. The first-order valence-corrected chi connectivity index (χ1v) is 10.6. The Kier molecular flexibility index (Phi) is 6.37. The molecule has 1 heteroatoms. The zero-order chi connectivity index (χ0) is 17.2. The van der Waals surface area contributed by atoms with E-state index in [1.807, 2.05) is 0 Å². The van der Waals surface area contributed by atoms with Crippen molar-refractivity contribution in [1.29, 1.82) is 0 Å². The maximum atomic E-state index is 2.37. The highest BCUT2D eigenvalue weighted by Crippen LogP contribution is 2.08. The fourth-order valence-electron chi connectivity index (χ4n) is 2.55. The third-order valence-corrected chi connectivity index (χ3v) is 5.84. The SMILES string of the molecule is C(=C[SiH](C=Cc1ccccc1)C=Cc1ccccc1)c1ccccc1. The van der Waals surface area contributed by atoms with Crippen LogP contribution >= 0.6 is 0 Å². The molecule has 0 aliphatic rings. The Hall–Kier alpha value is -2.90. The average molecular weight is 339 g/mol. The minimum absolute atomic E-state index is 1.25. The molecule has 0 aromatic heterocycles. The van der Waals surface area contributed by atoms with Crippen LogP contribution in [0.1, 0.15) is 16.7 Å². The van der Waals surface area contributed by atoms with Crippen molar-refractivity contribution in [3.8, 4) is 0 Å². The van der Waals surface area contributed by atoms with Crippen LogP contribution in [0.3, 0.4) is 0 Å². The van der Waals surface area contributed by atoms with Gasteiger partial charge in [-0.2, -0.15) is 0 Å². The molecule has 0 saturated heterocycles. The fourth-order valence-corrected chi connectivity index (χ4v) is 4.27. The van der Waals surface area contributed by atoms with Gasteiger partial charge in [0.05, 0.1) is 0 Å². The zero-order valence-electron chi connectivity index (χ0n) is 14.2. The molecule has 3 aromatic carbocycles. The first kappa shape index (κ1) is 16.9. The van der Waals surface area contributed by atoms with Crippen LogP contribution in [0.4, 0.5) is 0 Å². The van der Waals surface area contributed by atoms with Gasteiger partial charge in [0.2, 0.25) is 0 Å². The molecule has 0 spiro atoms. The molecule has 0 atom stereocenters. The van der Waals surface area contributed by atoms with Gasteiger partial charge in [0.25, 0.3) is 0 Å². The highest BCUT2D eigenvalue weighted by molar-refractivity contribution is 6.76. The number of rotatable bonds is 6. The minimum Gasteiger partial charge on any atom is -0.0892 e. The lowest BCUT2D eigenvalue weighted by molar-refractivity contribution is 1.66. The summed E-state index contributed by atoms with van der Waals surface area (Å²) in [6.45, 7) is 0. The first-order valence-electron chi connectivity index (χ1n) is 8.60. The van der Waals surface area contributed by atoms with Gasteiger partial charge in [0.15, 0.2) is 0 Å². The van der Waals surface area contributed by atoms with Crippen molar-refractivity contribution in [2.45, 2.75) is 0 Å². The van der Waals surface area contributed by atoms with E-state index in [4.69, 9.17) is 0 Å². The van der Waals surface area contributed by atoms with Crippen LogP contribution in [0.5, 0.6) is 0 Å². The molecule has 0 amide bonds. The van der Waals surface area contributed by atoms with Crippen LogP contribution in [0.15, 0.2) is 108 Å². The van der Waals surface area contributed by atoms with Crippen molar-refractivity contribution < 1.29 is 0 Å². The Morgan fingerprint density at radius 3 is 0.960 bits per heavy atom. The standard InChI is InChI=1S/C24H22Si/c1-4-10-22(11-5-1)16-19-25(20-17-23-12-6-2-7-13-23)21-18-24-14-8-3-9-15-24/h1-21,25H. The molecule has 0 aliphatic carbocycles. The van der Waals surface area contributed by atoms with Gasteiger partial charge in [-0.15, -0.1) is 0 Å². The van der Waals surface area contributed by atoms with Crippen molar-refractivity contribution in [2.75, 3.05) is 0 Å². The topological polar surface area (TPSA) is 0 Å². The summed E-state index contributed by atoms with van der Waals surface area (Å²) in [6, 6.07) is 31.5. The normalized spacial score (nSPS) is 13.0. The largest absolute Gasteiger partial charge is 0.109 e. The minimum atomic E-state index is -1.28. The van der Waals surface area contributed by atoms with Gasteiger partial charge < -0.3 is 0 Å². The van der Waals surface area contributed by atoms with Crippen LogP contribution in [-0.4, -0.2) is 8.80 Å². The van der Waals surface area contributed by atoms with Gasteiger partial charge >= 0.3 is 0 Å². The zero-order valence-corrected chi connectivity index (χ0v) is 15.4. The van der Waals surface area contributed by atoms with Crippen LogP contribution in [0.2, 0.25) is 0 Å². The van der Waals surface area contributed by atoms with E-state index in [1.54, 1.807) is 0 Å². The fraction of sp³-hybridized carbons (Fsp3) is 0. The van der Waals surface area contributed by atoms with Crippen LogP contribution in [0.25, 0.3) is 18.2 Å². The van der Waals surface area contributed by atoms with Gasteiger partial charge in [0, 0.05) is 0 Å². The van der Waals surface area contributed by atoms with E-state index in [1.165, 1.54) is 16.7 Å². The predicted molar refractivity (Wildman–Crippen MR) is 114 cm³/mol. The Labute approximate surface area is 152 Å². The summed E-state index contributed by atoms with van der Waals surface area (Å²) in [6.07, 6.45) is 6.71. The lowest BCUT2D eigenvalue weighted by Crippen LogP contribution is -2.01. The van der Waals surface area contributed by atoms with Gasteiger partial charge in [-0.05, 0) is 16.7 Å². The second kappa shape index (κ2) is 9.41. The molecule has 0 N–H and O–H groups in total. The van der Waals surface area contributed by atoms with E-state index in [9.17, 15) is 0 Å². The lowest BCUT2D eigenvalue weighted by Gasteiger charge is -2.01. The molecule has 0 heterocycles. The molecule has 25 heavy (non-hydrogen) atoms. The second-order valence-electron chi connectivity index (χ2n) is 5.89. The Balaban J connectivity index is 1.79. The summed E-state index contributed by atoms with van der Waals surface area (Å²) in [5, 5.41) is 0. The summed E-state index contributed by atoms with van der Waals surface area (Å²) in [4.78, 5) is 0. The first-order chi connectivity index (χ1) is 12.4. The van der Waals surface area contributed by atoms with E-state index in [0.717, 1.165) is 0 Å². The summed E-state index contributed by atoms with van der Waals surface area (Å²) >= 11 is 0. The third-order valence-electron chi connectivity index (χ3n) is 3.93. The molecular weight excluding hydrogens is 316 g/mol. The molecule has 0 unspecified atom stereocenters. The van der Waals surface area contributed by atoms with Gasteiger partial charge in [-0.3, -0.25) is 0 Å². The van der Waals surface area contributed by atoms with Crippen molar-refractivity contribution in [3.05, 3.63) is 125 Å². The maximum Gasteiger partial charge on any atom is 0.109 e. The molecule has 0 saturated carbocycles. The molecule has 122 valence electrons. The monoisotopic (exact) mass is 338 g/mol. The smallest absolute Gasteiger partial charge is 0.0892 e. The number of hydrogen-bond donors (Lipinski definition) is 0. The van der Waals surface area contributed by atoms with Crippen molar-refractivity contribution in [3.63, 3.8) is 0 Å². The molecule has 0 nitrogen and oxygen atoms in total. The summed E-state index contributed by atoms with van der Waals surface area (Å²) < 4.78 is 0. The average Bonchev–Trinajstić information content (AvgIpc) is 2.70. The number of benzene rings is 3. The summed E-state index contributed by atoms with van der Waals surface area (Å²) in [7, 11) is -1.28. The van der Waals surface area contributed by atoms with E-state index in [-0.39, 0.29) is 0 Å². The Morgan fingerprint density at radius 1 is 0.400 bits per heavy atom. The van der Waals surface area contributed by atoms with E-state index in [2.05, 4.69) is 126 Å².